The van der Waals surface area contributed by atoms with Gasteiger partial charge in [-0.05, 0) is 43.0 Å². The molecule has 0 aliphatic carbocycles. The van der Waals surface area contributed by atoms with Crippen LogP contribution in [0.25, 0.3) is 5.65 Å². The van der Waals surface area contributed by atoms with Crippen LogP contribution in [0.3, 0.4) is 0 Å². The summed E-state index contributed by atoms with van der Waals surface area (Å²) in [6.07, 6.45) is -2.53. The van der Waals surface area contributed by atoms with Crippen molar-refractivity contribution < 1.29 is 22.3 Å². The summed E-state index contributed by atoms with van der Waals surface area (Å²) in [7, 11) is 1.56. The summed E-state index contributed by atoms with van der Waals surface area (Å²) in [6, 6.07) is 6.20. The average Bonchev–Trinajstić information content (AvgIpc) is 3.17. The number of halogens is 5. The number of pyridine rings is 1. The number of anilines is 1. The molecule has 0 bridgehead atoms. The Morgan fingerprint density at radius 2 is 1.81 bits per heavy atom. The Hall–Kier alpha value is -2.55. The topological polar surface area (TPSA) is 42.7 Å². The SMILES string of the molecule is CC.COc1ccc(F)cc1C1CCN(c2ccn3c(CC(F)(F)F)nnc3c2Cl)CC1. The third kappa shape index (κ3) is 5.09. The van der Waals surface area contributed by atoms with Gasteiger partial charge in [-0.25, -0.2) is 4.39 Å². The lowest BCUT2D eigenvalue weighted by atomic mass is 9.88. The van der Waals surface area contributed by atoms with E-state index in [4.69, 9.17) is 16.3 Å². The number of methoxy groups -OCH3 is 1. The molecule has 0 radical (unpaired) electrons. The molecule has 10 heteroatoms. The van der Waals surface area contributed by atoms with E-state index < -0.39 is 12.6 Å². The molecule has 1 aliphatic heterocycles. The molecule has 1 aliphatic rings. The number of alkyl halides is 3. The summed E-state index contributed by atoms with van der Waals surface area (Å²) in [5.41, 5.74) is 1.73. The minimum absolute atomic E-state index is 0.140. The molecule has 0 spiro atoms. The Bertz CT molecular complexity index is 1060. The van der Waals surface area contributed by atoms with Crippen molar-refractivity contribution in [2.75, 3.05) is 25.1 Å². The van der Waals surface area contributed by atoms with Crippen LogP contribution in [0.5, 0.6) is 5.75 Å². The van der Waals surface area contributed by atoms with Gasteiger partial charge in [0.2, 0.25) is 0 Å². The summed E-state index contributed by atoms with van der Waals surface area (Å²) in [5, 5.41) is 7.76. The van der Waals surface area contributed by atoms with E-state index in [1.165, 1.54) is 22.7 Å². The van der Waals surface area contributed by atoms with E-state index in [2.05, 4.69) is 15.1 Å². The van der Waals surface area contributed by atoms with Crippen LogP contribution < -0.4 is 9.64 Å². The summed E-state index contributed by atoms with van der Waals surface area (Å²) >= 11 is 6.47. The van der Waals surface area contributed by atoms with E-state index in [1.54, 1.807) is 19.2 Å². The molecule has 1 aromatic carbocycles. The summed E-state index contributed by atoms with van der Waals surface area (Å²) in [5.74, 6) is 0.293. The van der Waals surface area contributed by atoms with Gasteiger partial charge in [0.15, 0.2) is 5.65 Å². The highest BCUT2D eigenvalue weighted by Gasteiger charge is 2.31. The maximum Gasteiger partial charge on any atom is 0.396 e. The number of piperidine rings is 1. The molecule has 4 rings (SSSR count). The van der Waals surface area contributed by atoms with Gasteiger partial charge in [-0.3, -0.25) is 4.40 Å². The standard InChI is InChI=1S/C20H19ClF4N4O.C2H6/c1-30-16-3-2-13(22)10-14(16)12-4-7-28(8-5-12)15-6-9-29-17(11-20(23,24)25)26-27-19(29)18(15)21;1-2/h2-3,6,9-10,12H,4-5,7-8,11H2,1H3;1-2H3. The Labute approximate surface area is 189 Å². The predicted molar refractivity (Wildman–Crippen MR) is 116 cm³/mol. The lowest BCUT2D eigenvalue weighted by Gasteiger charge is -2.34. The minimum Gasteiger partial charge on any atom is -0.496 e. The lowest BCUT2D eigenvalue weighted by molar-refractivity contribution is -0.128. The smallest absolute Gasteiger partial charge is 0.396 e. The maximum atomic E-state index is 13.7. The molecular weight excluding hydrogens is 448 g/mol. The van der Waals surface area contributed by atoms with Crippen LogP contribution in [0.2, 0.25) is 5.02 Å². The average molecular weight is 473 g/mol. The van der Waals surface area contributed by atoms with Crippen LogP contribution in [0, 0.1) is 5.82 Å². The quantitative estimate of drug-likeness (QED) is 0.434. The Balaban J connectivity index is 0.00000141. The van der Waals surface area contributed by atoms with Crippen molar-refractivity contribution in [3.8, 4) is 5.75 Å². The van der Waals surface area contributed by atoms with Crippen LogP contribution in [-0.2, 0) is 6.42 Å². The Morgan fingerprint density at radius 1 is 1.12 bits per heavy atom. The van der Waals surface area contributed by atoms with Gasteiger partial charge in [0.05, 0.1) is 12.8 Å². The molecule has 0 amide bonds. The number of aromatic nitrogens is 3. The molecule has 2 aromatic heterocycles. The Morgan fingerprint density at radius 3 is 2.44 bits per heavy atom. The second kappa shape index (κ2) is 9.94. The van der Waals surface area contributed by atoms with E-state index in [9.17, 15) is 17.6 Å². The first kappa shape index (κ1) is 24.1. The van der Waals surface area contributed by atoms with Crippen molar-refractivity contribution in [3.63, 3.8) is 0 Å². The summed E-state index contributed by atoms with van der Waals surface area (Å²) in [4.78, 5) is 2.06. The molecule has 3 heterocycles. The van der Waals surface area contributed by atoms with E-state index >= 15 is 0 Å². The number of ether oxygens (including phenoxy) is 1. The van der Waals surface area contributed by atoms with Crippen molar-refractivity contribution >= 4 is 22.9 Å². The molecule has 5 nitrogen and oxygen atoms in total. The second-order valence-corrected chi connectivity index (χ2v) is 7.64. The van der Waals surface area contributed by atoms with Gasteiger partial charge in [0, 0.05) is 24.8 Å². The highest BCUT2D eigenvalue weighted by atomic mass is 35.5. The second-order valence-electron chi connectivity index (χ2n) is 7.26. The van der Waals surface area contributed by atoms with Gasteiger partial charge in [-0.15, -0.1) is 10.2 Å². The number of benzene rings is 1. The van der Waals surface area contributed by atoms with Gasteiger partial charge in [0.25, 0.3) is 0 Å². The van der Waals surface area contributed by atoms with Crippen LogP contribution in [0.1, 0.15) is 44.0 Å². The number of fused-ring (bicyclic) bond motifs is 1. The fraction of sp³-hybridized carbons (Fsp3) is 0.455. The molecule has 1 saturated heterocycles. The third-order valence-electron chi connectivity index (χ3n) is 5.39. The molecule has 32 heavy (non-hydrogen) atoms. The van der Waals surface area contributed by atoms with Gasteiger partial charge in [-0.1, -0.05) is 25.4 Å². The van der Waals surface area contributed by atoms with E-state index in [0.29, 0.717) is 24.5 Å². The van der Waals surface area contributed by atoms with Crippen molar-refractivity contribution in [1.82, 2.24) is 14.6 Å². The number of nitrogens with zero attached hydrogens (tertiary/aromatic N) is 4. The summed E-state index contributed by atoms with van der Waals surface area (Å²) in [6.45, 7) is 5.31. The molecule has 0 unspecified atom stereocenters. The van der Waals surface area contributed by atoms with Crippen molar-refractivity contribution in [1.29, 1.82) is 0 Å². The van der Waals surface area contributed by atoms with Gasteiger partial charge in [0.1, 0.15) is 28.8 Å². The van der Waals surface area contributed by atoms with Crippen molar-refractivity contribution in [3.05, 3.63) is 52.7 Å². The molecule has 0 atom stereocenters. The van der Waals surface area contributed by atoms with Gasteiger partial charge >= 0.3 is 6.18 Å². The van der Waals surface area contributed by atoms with E-state index in [1.807, 2.05) is 13.8 Å². The Kier molecular flexibility index (Phi) is 7.48. The normalized spacial score (nSPS) is 14.9. The highest BCUT2D eigenvalue weighted by molar-refractivity contribution is 6.36. The van der Waals surface area contributed by atoms with Crippen molar-refractivity contribution in [2.45, 2.75) is 45.2 Å². The first-order valence-electron chi connectivity index (χ1n) is 10.4. The van der Waals surface area contributed by atoms with Crippen LogP contribution in [0.15, 0.2) is 30.5 Å². The first-order valence-corrected chi connectivity index (χ1v) is 10.8. The largest absolute Gasteiger partial charge is 0.496 e. The fourth-order valence-corrected chi connectivity index (χ4v) is 4.27. The van der Waals surface area contributed by atoms with Crippen LogP contribution >= 0.6 is 11.6 Å². The third-order valence-corrected chi connectivity index (χ3v) is 5.76. The minimum atomic E-state index is -4.38. The van der Waals surface area contributed by atoms with Crippen molar-refractivity contribution in [2.24, 2.45) is 0 Å². The summed E-state index contributed by atoms with van der Waals surface area (Å²) < 4.78 is 58.5. The fourth-order valence-electron chi connectivity index (χ4n) is 3.96. The zero-order chi connectivity index (χ0) is 23.5. The van der Waals surface area contributed by atoms with Crippen LogP contribution in [0.4, 0.5) is 23.2 Å². The number of hydrogen-bond donors (Lipinski definition) is 0. The maximum absolute atomic E-state index is 13.7. The predicted octanol–water partition coefficient (Wildman–Crippen LogP) is 6.05. The van der Waals surface area contributed by atoms with E-state index in [0.717, 1.165) is 18.4 Å². The van der Waals surface area contributed by atoms with Gasteiger partial charge < -0.3 is 9.64 Å². The molecule has 1 fully saturated rings. The molecule has 3 aromatic rings. The zero-order valence-corrected chi connectivity index (χ0v) is 18.8. The number of hydrogen-bond acceptors (Lipinski definition) is 4. The molecule has 0 saturated carbocycles. The van der Waals surface area contributed by atoms with Gasteiger partial charge in [-0.2, -0.15) is 13.2 Å². The first-order chi connectivity index (χ1) is 15.3. The molecule has 0 N–H and O–H groups in total. The van der Waals surface area contributed by atoms with Crippen LogP contribution in [-0.4, -0.2) is 41.0 Å². The number of rotatable bonds is 4. The molecular formula is C22H25ClF4N4O. The monoisotopic (exact) mass is 472 g/mol. The van der Waals surface area contributed by atoms with E-state index in [-0.39, 0.29) is 28.2 Å². The zero-order valence-electron chi connectivity index (χ0n) is 18.1. The highest BCUT2D eigenvalue weighted by Crippen LogP contribution is 2.38. The molecule has 174 valence electrons. The lowest BCUT2D eigenvalue weighted by Crippen LogP contribution is -2.33.